The van der Waals surface area contributed by atoms with E-state index in [1.807, 2.05) is 0 Å². The molecule has 1 amide bonds. The maximum atomic E-state index is 16.8. The Kier molecular flexibility index (Phi) is 7.30. The molecule has 1 unspecified atom stereocenters. The number of primary amides is 1. The summed E-state index contributed by atoms with van der Waals surface area (Å²) in [4.78, 5) is 29.2. The summed E-state index contributed by atoms with van der Waals surface area (Å²) < 4.78 is 58.4. The first-order valence-electron chi connectivity index (χ1n) is 15.2. The third-order valence-electron chi connectivity index (χ3n) is 9.23. The quantitative estimate of drug-likeness (QED) is 0.294. The van der Waals surface area contributed by atoms with E-state index in [4.69, 9.17) is 15.2 Å². The maximum Gasteiger partial charge on any atom is 0.319 e. The highest BCUT2D eigenvalue weighted by molar-refractivity contribution is 6.03. The molecule has 45 heavy (non-hydrogen) atoms. The topological polar surface area (TPSA) is 127 Å². The highest BCUT2D eigenvalue weighted by Gasteiger charge is 2.49. The van der Waals surface area contributed by atoms with Crippen LogP contribution < -0.4 is 20.1 Å². The molecule has 2 saturated heterocycles. The van der Waals surface area contributed by atoms with Gasteiger partial charge in [0.15, 0.2) is 5.82 Å². The fourth-order valence-electron chi connectivity index (χ4n) is 7.18. The number of nitrogens with zero attached hydrogens (tertiary/aromatic N) is 5. The molecule has 4 aromatic rings. The molecular formula is C32H33F3N6O4. The molecule has 0 aliphatic carbocycles. The van der Waals surface area contributed by atoms with E-state index in [-0.39, 0.29) is 78.3 Å². The lowest BCUT2D eigenvalue weighted by Crippen LogP contribution is -2.43. The summed E-state index contributed by atoms with van der Waals surface area (Å²) in [5, 5.41) is 11.7. The largest absolute Gasteiger partial charge is 0.508 e. The van der Waals surface area contributed by atoms with Crippen molar-refractivity contribution in [2.75, 3.05) is 44.3 Å². The van der Waals surface area contributed by atoms with Crippen LogP contribution in [-0.2, 0) is 11.2 Å². The lowest BCUT2D eigenvalue weighted by Gasteiger charge is -2.31. The van der Waals surface area contributed by atoms with Crippen molar-refractivity contribution in [3.8, 4) is 28.9 Å². The van der Waals surface area contributed by atoms with E-state index >= 15 is 4.39 Å². The number of aromatic nitrogens is 3. The number of hydrogen-bond donors (Lipinski definition) is 2. The van der Waals surface area contributed by atoms with Gasteiger partial charge >= 0.3 is 6.01 Å². The number of amides is 1. The molecule has 10 nitrogen and oxygen atoms in total. The van der Waals surface area contributed by atoms with Gasteiger partial charge in [0.1, 0.15) is 53.4 Å². The molecule has 0 bridgehead atoms. The monoisotopic (exact) mass is 622 g/mol. The van der Waals surface area contributed by atoms with Gasteiger partial charge in [0.2, 0.25) is 11.8 Å². The molecule has 0 radical (unpaired) electrons. The summed E-state index contributed by atoms with van der Waals surface area (Å²) >= 11 is 0. The Hall–Kier alpha value is -4.39. The third kappa shape index (κ3) is 5.02. The van der Waals surface area contributed by atoms with Crippen molar-refractivity contribution in [3.63, 3.8) is 0 Å². The minimum atomic E-state index is -0.957. The Bertz CT molecular complexity index is 1840. The number of fused-ring (bicyclic) bond motifs is 2. The van der Waals surface area contributed by atoms with Crippen molar-refractivity contribution in [1.82, 2.24) is 19.9 Å². The standard InChI is InChI=1S/C32H33F3N6O4/c1-2-20-22(34)5-4-17-12-19(42)13-21(24(17)20)27-26(35)28-25-29(40(9-6-23(36)43)10-11-44-30(25)37-27)39-31(38-28)45-16-32-7-3-8-41(32)15-18(33)14-32/h4-5,12-13,18,42H,2-3,6-11,14-16H2,1H3,(H2,36,43)/t18?,32-/m0/s1. The van der Waals surface area contributed by atoms with E-state index in [0.717, 1.165) is 19.4 Å². The van der Waals surface area contributed by atoms with Crippen LogP contribution in [0.4, 0.5) is 19.0 Å². The first-order valence-corrected chi connectivity index (χ1v) is 15.2. The Morgan fingerprint density at radius 3 is 2.84 bits per heavy atom. The van der Waals surface area contributed by atoms with Crippen LogP contribution >= 0.6 is 0 Å². The van der Waals surface area contributed by atoms with Gasteiger partial charge in [-0.1, -0.05) is 13.0 Å². The van der Waals surface area contributed by atoms with Crippen LogP contribution in [-0.4, -0.2) is 82.0 Å². The molecule has 2 aromatic heterocycles. The second kappa shape index (κ2) is 11.2. The summed E-state index contributed by atoms with van der Waals surface area (Å²) in [6, 6.07) is 5.56. The van der Waals surface area contributed by atoms with Crippen LogP contribution in [0, 0.1) is 11.6 Å². The summed E-state index contributed by atoms with van der Waals surface area (Å²) in [5.41, 5.74) is 5.14. The number of alkyl halides is 1. The minimum Gasteiger partial charge on any atom is -0.508 e. The van der Waals surface area contributed by atoms with Crippen LogP contribution in [0.2, 0.25) is 0 Å². The average Bonchev–Trinajstić information content (AvgIpc) is 3.47. The second-order valence-corrected chi connectivity index (χ2v) is 12.0. The third-order valence-corrected chi connectivity index (χ3v) is 9.23. The van der Waals surface area contributed by atoms with Gasteiger partial charge in [-0.3, -0.25) is 9.69 Å². The molecular weight excluding hydrogens is 589 g/mol. The fourth-order valence-corrected chi connectivity index (χ4v) is 7.18. The molecule has 2 atom stereocenters. The number of phenolic OH excluding ortho intramolecular Hbond substituents is 1. The number of aryl methyl sites for hydroxylation is 1. The van der Waals surface area contributed by atoms with Gasteiger partial charge in [-0.2, -0.15) is 9.97 Å². The Morgan fingerprint density at radius 1 is 1.20 bits per heavy atom. The van der Waals surface area contributed by atoms with Gasteiger partial charge in [0.25, 0.3) is 0 Å². The molecule has 5 heterocycles. The molecule has 7 rings (SSSR count). The predicted molar refractivity (Wildman–Crippen MR) is 161 cm³/mol. The van der Waals surface area contributed by atoms with E-state index in [0.29, 0.717) is 35.7 Å². The van der Waals surface area contributed by atoms with Crippen LogP contribution in [0.25, 0.3) is 32.9 Å². The lowest BCUT2D eigenvalue weighted by atomic mass is 9.94. The second-order valence-electron chi connectivity index (χ2n) is 12.0. The van der Waals surface area contributed by atoms with Gasteiger partial charge in [-0.05, 0) is 60.3 Å². The molecule has 236 valence electrons. The van der Waals surface area contributed by atoms with Crippen molar-refractivity contribution in [1.29, 1.82) is 0 Å². The number of anilines is 1. The molecule has 2 fully saturated rings. The van der Waals surface area contributed by atoms with Gasteiger partial charge in [0, 0.05) is 31.5 Å². The zero-order valence-electron chi connectivity index (χ0n) is 24.8. The highest BCUT2D eigenvalue weighted by atomic mass is 19.1. The van der Waals surface area contributed by atoms with E-state index in [1.54, 1.807) is 11.8 Å². The number of pyridine rings is 1. The van der Waals surface area contributed by atoms with Crippen molar-refractivity contribution in [2.24, 2.45) is 5.73 Å². The zero-order chi connectivity index (χ0) is 31.5. The lowest BCUT2D eigenvalue weighted by molar-refractivity contribution is -0.117. The first-order chi connectivity index (χ1) is 21.7. The van der Waals surface area contributed by atoms with Crippen LogP contribution in [0.15, 0.2) is 24.3 Å². The molecule has 3 N–H and O–H groups in total. The average molecular weight is 623 g/mol. The predicted octanol–water partition coefficient (Wildman–Crippen LogP) is 4.42. The Balaban J connectivity index is 1.42. The molecule has 0 saturated carbocycles. The molecule has 3 aliphatic heterocycles. The normalized spacial score (nSPS) is 21.2. The first kappa shape index (κ1) is 29.3. The van der Waals surface area contributed by atoms with Crippen molar-refractivity contribution >= 4 is 33.4 Å². The number of benzene rings is 2. The van der Waals surface area contributed by atoms with Crippen molar-refractivity contribution in [2.45, 2.75) is 50.7 Å². The molecule has 0 spiro atoms. The fraction of sp³-hybridized carbons (Fsp3) is 0.438. The summed E-state index contributed by atoms with van der Waals surface area (Å²) in [6.07, 6.45) is 1.39. The minimum absolute atomic E-state index is 0.0155. The number of aromatic hydroxyl groups is 1. The van der Waals surface area contributed by atoms with E-state index in [9.17, 15) is 18.7 Å². The summed E-state index contributed by atoms with van der Waals surface area (Å²) in [5.74, 6) is -1.65. The maximum absolute atomic E-state index is 16.8. The van der Waals surface area contributed by atoms with Gasteiger partial charge < -0.3 is 25.2 Å². The summed E-state index contributed by atoms with van der Waals surface area (Å²) in [6.45, 7) is 3.63. The van der Waals surface area contributed by atoms with Crippen LogP contribution in [0.1, 0.15) is 38.2 Å². The van der Waals surface area contributed by atoms with Crippen LogP contribution in [0.5, 0.6) is 17.6 Å². The van der Waals surface area contributed by atoms with Crippen LogP contribution in [0.3, 0.4) is 0 Å². The number of hydrogen-bond acceptors (Lipinski definition) is 9. The zero-order valence-corrected chi connectivity index (χ0v) is 24.8. The number of halogens is 3. The number of carbonyl (C=O) groups is 1. The number of phenols is 1. The SMILES string of the molecule is CCc1c(F)ccc2cc(O)cc(-c3nc4c5c(nc(OC[C@@]67CCCN6CC(F)C7)nc5c3F)N(CCC(N)=O)CCO4)c12. The summed E-state index contributed by atoms with van der Waals surface area (Å²) in [7, 11) is 0. The van der Waals surface area contributed by atoms with Crippen molar-refractivity contribution < 1.29 is 32.5 Å². The van der Waals surface area contributed by atoms with E-state index in [1.165, 1.54) is 24.3 Å². The van der Waals surface area contributed by atoms with Gasteiger partial charge in [-0.25, -0.2) is 18.2 Å². The Morgan fingerprint density at radius 2 is 2.04 bits per heavy atom. The number of rotatable bonds is 8. The van der Waals surface area contributed by atoms with Crippen molar-refractivity contribution in [3.05, 3.63) is 41.5 Å². The number of ether oxygens (including phenoxy) is 2. The van der Waals surface area contributed by atoms with E-state index in [2.05, 4.69) is 19.9 Å². The Labute approximate surface area is 257 Å². The molecule has 2 aromatic carbocycles. The highest BCUT2D eigenvalue weighted by Crippen LogP contribution is 2.44. The number of nitrogens with two attached hydrogens (primary N) is 1. The smallest absolute Gasteiger partial charge is 0.319 e. The van der Waals surface area contributed by atoms with Gasteiger partial charge in [0.05, 0.1) is 12.1 Å². The van der Waals surface area contributed by atoms with E-state index < -0.39 is 29.3 Å². The molecule has 3 aliphatic rings. The number of carbonyl (C=O) groups excluding carboxylic acids is 1. The van der Waals surface area contributed by atoms with Gasteiger partial charge in [-0.15, -0.1) is 0 Å². The molecule has 13 heteroatoms.